The lowest BCUT2D eigenvalue weighted by Gasteiger charge is -2.28. The summed E-state index contributed by atoms with van der Waals surface area (Å²) in [5.74, 6) is 0. The molecule has 2 saturated heterocycles. The molecule has 0 saturated carbocycles. The van der Waals surface area contributed by atoms with E-state index in [2.05, 4.69) is 17.0 Å². The van der Waals surface area contributed by atoms with Gasteiger partial charge in [0.1, 0.15) is 0 Å². The van der Waals surface area contributed by atoms with Crippen molar-refractivity contribution in [2.45, 2.75) is 44.4 Å². The predicted molar refractivity (Wildman–Crippen MR) is 84.4 cm³/mol. The Morgan fingerprint density at radius 2 is 1.68 bits per heavy atom. The molecule has 2 aliphatic rings. The van der Waals surface area contributed by atoms with Crippen molar-refractivity contribution in [1.82, 2.24) is 4.90 Å². The minimum atomic E-state index is 0.329. The van der Waals surface area contributed by atoms with E-state index in [1.54, 1.807) is 0 Å². The van der Waals surface area contributed by atoms with Crippen LogP contribution in [0, 0.1) is 11.3 Å². The van der Waals surface area contributed by atoms with Gasteiger partial charge >= 0.3 is 0 Å². The fourth-order valence-corrected chi connectivity index (χ4v) is 3.36. The van der Waals surface area contributed by atoms with Gasteiger partial charge in [-0.1, -0.05) is 18.2 Å². The molecule has 0 unspecified atom stereocenters. The van der Waals surface area contributed by atoms with E-state index < -0.39 is 0 Å². The van der Waals surface area contributed by atoms with Gasteiger partial charge in [0.25, 0.3) is 0 Å². The number of hydrogen-bond acceptors (Lipinski definition) is 4. The number of nitriles is 1. The molecule has 0 amide bonds. The quantitative estimate of drug-likeness (QED) is 0.810. The highest BCUT2D eigenvalue weighted by atomic mass is 16.5. The molecule has 0 radical (unpaired) electrons. The smallest absolute Gasteiger partial charge is 0.0995 e. The van der Waals surface area contributed by atoms with Crippen molar-refractivity contribution in [3.05, 3.63) is 35.4 Å². The fraction of sp³-hybridized carbons (Fsp3) is 0.611. The highest BCUT2D eigenvalue weighted by molar-refractivity contribution is 5.37. The molecule has 4 heteroatoms. The van der Waals surface area contributed by atoms with Crippen molar-refractivity contribution in [3.63, 3.8) is 0 Å². The van der Waals surface area contributed by atoms with Crippen LogP contribution in [0.2, 0.25) is 0 Å². The Morgan fingerprint density at radius 3 is 2.23 bits per heavy atom. The van der Waals surface area contributed by atoms with E-state index in [1.807, 2.05) is 18.2 Å². The van der Waals surface area contributed by atoms with Crippen molar-refractivity contribution in [2.75, 3.05) is 26.3 Å². The van der Waals surface area contributed by atoms with Crippen LogP contribution < -0.4 is 0 Å². The van der Waals surface area contributed by atoms with Crippen LogP contribution in [0.4, 0.5) is 0 Å². The molecule has 2 heterocycles. The van der Waals surface area contributed by atoms with Gasteiger partial charge in [-0.3, -0.25) is 4.90 Å². The summed E-state index contributed by atoms with van der Waals surface area (Å²) in [5.41, 5.74) is 1.87. The van der Waals surface area contributed by atoms with Crippen LogP contribution >= 0.6 is 0 Å². The van der Waals surface area contributed by atoms with Crippen LogP contribution in [0.5, 0.6) is 0 Å². The van der Waals surface area contributed by atoms with Crippen molar-refractivity contribution in [1.29, 1.82) is 5.26 Å². The highest BCUT2D eigenvalue weighted by Crippen LogP contribution is 2.20. The SMILES string of the molecule is N#Cc1ccccc1CN(C[C@H]1CCCO1)C[C@H]1CCCO1. The Bertz CT molecular complexity index is 496. The van der Waals surface area contributed by atoms with Crippen molar-refractivity contribution in [2.24, 2.45) is 0 Å². The van der Waals surface area contributed by atoms with E-state index in [1.165, 1.54) is 0 Å². The Hall–Kier alpha value is -1.41. The third kappa shape index (κ3) is 4.07. The average Bonchev–Trinajstić information content (AvgIpc) is 3.21. The van der Waals surface area contributed by atoms with Gasteiger partial charge in [0.15, 0.2) is 0 Å². The first-order valence-corrected chi connectivity index (χ1v) is 8.28. The molecule has 22 heavy (non-hydrogen) atoms. The van der Waals surface area contributed by atoms with E-state index >= 15 is 0 Å². The summed E-state index contributed by atoms with van der Waals surface area (Å²) in [7, 11) is 0. The molecule has 0 aliphatic carbocycles. The summed E-state index contributed by atoms with van der Waals surface area (Å²) < 4.78 is 11.6. The molecule has 118 valence electrons. The van der Waals surface area contributed by atoms with E-state index in [9.17, 15) is 5.26 Å². The zero-order chi connectivity index (χ0) is 15.2. The summed E-state index contributed by atoms with van der Waals surface area (Å²) in [6.07, 6.45) is 5.26. The van der Waals surface area contributed by atoms with Gasteiger partial charge in [0, 0.05) is 32.8 Å². The topological polar surface area (TPSA) is 45.5 Å². The Balaban J connectivity index is 1.67. The minimum Gasteiger partial charge on any atom is -0.377 e. The first kappa shape index (κ1) is 15.5. The van der Waals surface area contributed by atoms with Gasteiger partial charge in [-0.25, -0.2) is 0 Å². The Morgan fingerprint density at radius 1 is 1.05 bits per heavy atom. The lowest BCUT2D eigenvalue weighted by molar-refractivity contribution is 0.0345. The second kappa shape index (κ2) is 7.73. The molecule has 3 rings (SSSR count). The molecule has 2 fully saturated rings. The molecular weight excluding hydrogens is 276 g/mol. The maximum atomic E-state index is 9.28. The maximum Gasteiger partial charge on any atom is 0.0995 e. The molecule has 4 nitrogen and oxygen atoms in total. The first-order valence-electron chi connectivity index (χ1n) is 8.28. The molecular formula is C18H24N2O2. The molecule has 0 aromatic heterocycles. The maximum absolute atomic E-state index is 9.28. The van der Waals surface area contributed by atoms with Gasteiger partial charge in [-0.05, 0) is 37.3 Å². The third-order valence-corrected chi connectivity index (χ3v) is 4.50. The monoisotopic (exact) mass is 300 g/mol. The molecule has 1 aromatic carbocycles. The van der Waals surface area contributed by atoms with Crippen molar-refractivity contribution < 1.29 is 9.47 Å². The second-order valence-electron chi connectivity index (χ2n) is 6.23. The first-order chi connectivity index (χ1) is 10.8. The average molecular weight is 300 g/mol. The molecule has 0 N–H and O–H groups in total. The molecule has 2 aliphatic heterocycles. The van der Waals surface area contributed by atoms with Crippen molar-refractivity contribution in [3.8, 4) is 6.07 Å². The number of nitrogens with zero attached hydrogens (tertiary/aromatic N) is 2. The number of rotatable bonds is 6. The van der Waals surface area contributed by atoms with Crippen LogP contribution in [-0.4, -0.2) is 43.4 Å². The zero-order valence-corrected chi connectivity index (χ0v) is 13.0. The number of hydrogen-bond donors (Lipinski definition) is 0. The van der Waals surface area contributed by atoms with E-state index in [4.69, 9.17) is 9.47 Å². The van der Waals surface area contributed by atoms with E-state index in [0.717, 1.165) is 69.7 Å². The highest BCUT2D eigenvalue weighted by Gasteiger charge is 2.24. The van der Waals surface area contributed by atoms with E-state index in [0.29, 0.717) is 12.2 Å². The largest absolute Gasteiger partial charge is 0.377 e. The van der Waals surface area contributed by atoms with Crippen LogP contribution in [-0.2, 0) is 16.0 Å². The Labute approximate surface area is 132 Å². The molecule has 2 atom stereocenters. The summed E-state index contributed by atoms with van der Waals surface area (Å²) in [4.78, 5) is 2.40. The number of benzene rings is 1. The lowest BCUT2D eigenvalue weighted by atomic mass is 10.1. The lowest BCUT2D eigenvalue weighted by Crippen LogP contribution is -2.37. The predicted octanol–water partition coefficient (Wildman–Crippen LogP) is 2.72. The third-order valence-electron chi connectivity index (χ3n) is 4.50. The standard InChI is InChI=1S/C18H24N2O2/c19-11-15-5-1-2-6-16(15)12-20(13-17-7-3-9-21-17)14-18-8-4-10-22-18/h1-2,5-6,17-18H,3-4,7-10,12-14H2/t17-,18-/m1/s1. The molecule has 0 bridgehead atoms. The van der Waals surface area contributed by atoms with Crippen LogP contribution in [0.15, 0.2) is 24.3 Å². The fourth-order valence-electron chi connectivity index (χ4n) is 3.36. The van der Waals surface area contributed by atoms with E-state index in [-0.39, 0.29) is 0 Å². The van der Waals surface area contributed by atoms with Gasteiger partial charge in [0.2, 0.25) is 0 Å². The summed E-state index contributed by atoms with van der Waals surface area (Å²) in [5, 5.41) is 9.28. The summed E-state index contributed by atoms with van der Waals surface area (Å²) >= 11 is 0. The van der Waals surface area contributed by atoms with Gasteiger partial charge in [-0.2, -0.15) is 5.26 Å². The summed E-state index contributed by atoms with van der Waals surface area (Å²) in [6.45, 7) is 4.42. The second-order valence-corrected chi connectivity index (χ2v) is 6.23. The molecule has 1 aromatic rings. The van der Waals surface area contributed by atoms with Gasteiger partial charge < -0.3 is 9.47 Å². The van der Waals surface area contributed by atoms with Gasteiger partial charge in [-0.15, -0.1) is 0 Å². The van der Waals surface area contributed by atoms with Crippen LogP contribution in [0.1, 0.15) is 36.8 Å². The normalized spacial score (nSPS) is 24.7. The van der Waals surface area contributed by atoms with Crippen molar-refractivity contribution >= 4 is 0 Å². The summed E-state index contributed by atoms with van der Waals surface area (Å²) in [6, 6.07) is 10.2. The van der Waals surface area contributed by atoms with Crippen LogP contribution in [0.3, 0.4) is 0 Å². The van der Waals surface area contributed by atoms with Crippen LogP contribution in [0.25, 0.3) is 0 Å². The molecule has 0 spiro atoms. The zero-order valence-electron chi connectivity index (χ0n) is 13.0. The Kier molecular flexibility index (Phi) is 5.44. The minimum absolute atomic E-state index is 0.329. The number of ether oxygens (including phenoxy) is 2. The van der Waals surface area contributed by atoms with Gasteiger partial charge in [0.05, 0.1) is 23.8 Å².